The third-order valence-corrected chi connectivity index (χ3v) is 4.31. The molecule has 2 N–H and O–H groups in total. The zero-order chi connectivity index (χ0) is 13.9. The Bertz CT molecular complexity index is 411. The molecule has 3 rings (SSSR count). The van der Waals surface area contributed by atoms with Crippen molar-refractivity contribution in [1.29, 1.82) is 0 Å². The zero-order valence-electron chi connectivity index (χ0n) is 12.2. The van der Waals surface area contributed by atoms with E-state index in [1.54, 1.807) is 0 Å². The number of rotatable bonds is 8. The van der Waals surface area contributed by atoms with Gasteiger partial charge in [0.2, 0.25) is 0 Å². The Morgan fingerprint density at radius 3 is 2.30 bits per heavy atom. The topological polar surface area (TPSA) is 41.5 Å². The van der Waals surface area contributed by atoms with E-state index in [0.717, 1.165) is 17.6 Å². The third-order valence-electron chi connectivity index (χ3n) is 4.31. The summed E-state index contributed by atoms with van der Waals surface area (Å²) in [6.45, 7) is 3.06. The number of nitrogens with one attached hydrogen (secondary N) is 1. The second-order valence-electron chi connectivity index (χ2n) is 6.39. The molecule has 0 bridgehead atoms. The molecule has 20 heavy (non-hydrogen) atoms. The van der Waals surface area contributed by atoms with E-state index < -0.39 is 6.10 Å². The standard InChI is InChI=1S/C17H25NO2/c1-12-2-8-16(9-3-12)20-11-15(19)10-18-17(13-4-5-13)14-6-7-14/h2-3,8-9,13-15,17-19H,4-7,10-11H2,1H3. The molecule has 1 aromatic rings. The van der Waals surface area contributed by atoms with Crippen LogP contribution < -0.4 is 10.1 Å². The Kier molecular flexibility index (Phi) is 4.27. The molecule has 0 aliphatic heterocycles. The zero-order valence-corrected chi connectivity index (χ0v) is 12.2. The molecule has 2 fully saturated rings. The van der Waals surface area contributed by atoms with Crippen LogP contribution in [0.15, 0.2) is 24.3 Å². The van der Waals surface area contributed by atoms with E-state index in [9.17, 15) is 5.11 Å². The monoisotopic (exact) mass is 275 g/mol. The fourth-order valence-electron chi connectivity index (χ4n) is 2.79. The van der Waals surface area contributed by atoms with Crippen molar-refractivity contribution in [2.45, 2.75) is 44.8 Å². The van der Waals surface area contributed by atoms with E-state index in [1.165, 1.54) is 31.2 Å². The number of benzene rings is 1. The summed E-state index contributed by atoms with van der Waals surface area (Å²) in [5, 5.41) is 13.6. The second kappa shape index (κ2) is 6.15. The lowest BCUT2D eigenvalue weighted by Crippen LogP contribution is -2.40. The van der Waals surface area contributed by atoms with Crippen molar-refractivity contribution in [1.82, 2.24) is 5.32 Å². The molecule has 110 valence electrons. The number of aryl methyl sites for hydroxylation is 1. The normalized spacial score (nSPS) is 20.1. The first-order valence-corrected chi connectivity index (χ1v) is 7.83. The molecule has 0 radical (unpaired) electrons. The molecule has 1 unspecified atom stereocenters. The number of hydrogen-bond donors (Lipinski definition) is 2. The maximum absolute atomic E-state index is 10.0. The molecular formula is C17H25NO2. The van der Waals surface area contributed by atoms with Crippen molar-refractivity contribution in [2.24, 2.45) is 11.8 Å². The van der Waals surface area contributed by atoms with Crippen LogP contribution in [0.25, 0.3) is 0 Å². The van der Waals surface area contributed by atoms with E-state index in [-0.39, 0.29) is 0 Å². The smallest absolute Gasteiger partial charge is 0.119 e. The highest BCUT2D eigenvalue weighted by molar-refractivity contribution is 5.26. The van der Waals surface area contributed by atoms with E-state index in [2.05, 4.69) is 12.2 Å². The lowest BCUT2D eigenvalue weighted by Gasteiger charge is -2.20. The van der Waals surface area contributed by atoms with Crippen molar-refractivity contribution < 1.29 is 9.84 Å². The Morgan fingerprint density at radius 2 is 1.75 bits per heavy atom. The molecule has 2 aliphatic carbocycles. The van der Waals surface area contributed by atoms with Gasteiger partial charge in [0.25, 0.3) is 0 Å². The van der Waals surface area contributed by atoms with Crippen molar-refractivity contribution in [3.63, 3.8) is 0 Å². The lowest BCUT2D eigenvalue weighted by atomic mass is 10.1. The van der Waals surface area contributed by atoms with Crippen molar-refractivity contribution in [3.05, 3.63) is 29.8 Å². The van der Waals surface area contributed by atoms with Crippen LogP contribution in [-0.2, 0) is 0 Å². The molecule has 1 atom stereocenters. The van der Waals surface area contributed by atoms with Gasteiger partial charge in [-0.3, -0.25) is 0 Å². The predicted octanol–water partition coefficient (Wildman–Crippen LogP) is 2.51. The quantitative estimate of drug-likeness (QED) is 0.766. The molecule has 2 saturated carbocycles. The number of aliphatic hydroxyl groups excluding tert-OH is 1. The molecule has 3 nitrogen and oxygen atoms in total. The minimum absolute atomic E-state index is 0.359. The van der Waals surface area contributed by atoms with Gasteiger partial charge in [0.15, 0.2) is 0 Å². The van der Waals surface area contributed by atoms with Gasteiger partial charge in [0.05, 0.1) is 0 Å². The summed E-state index contributed by atoms with van der Waals surface area (Å²) < 4.78 is 5.62. The Hall–Kier alpha value is -1.06. The highest BCUT2D eigenvalue weighted by Gasteiger charge is 2.41. The number of hydrogen-bond acceptors (Lipinski definition) is 3. The molecule has 0 aromatic heterocycles. The first kappa shape index (κ1) is 13.9. The number of aliphatic hydroxyl groups is 1. The van der Waals surface area contributed by atoms with Gasteiger partial charge in [-0.15, -0.1) is 0 Å². The average Bonchev–Trinajstić information content (AvgIpc) is 3.31. The second-order valence-corrected chi connectivity index (χ2v) is 6.39. The molecule has 0 spiro atoms. The summed E-state index contributed by atoms with van der Waals surface area (Å²) >= 11 is 0. The van der Waals surface area contributed by atoms with Crippen LogP contribution in [0.4, 0.5) is 0 Å². The molecule has 0 amide bonds. The van der Waals surface area contributed by atoms with Crippen LogP contribution in [0.5, 0.6) is 5.75 Å². The minimum Gasteiger partial charge on any atom is -0.491 e. The van der Waals surface area contributed by atoms with Gasteiger partial charge in [-0.25, -0.2) is 0 Å². The van der Waals surface area contributed by atoms with Gasteiger partial charge in [-0.05, 0) is 56.6 Å². The van der Waals surface area contributed by atoms with Gasteiger partial charge in [-0.2, -0.15) is 0 Å². The van der Waals surface area contributed by atoms with Gasteiger partial charge >= 0.3 is 0 Å². The molecule has 2 aliphatic rings. The largest absolute Gasteiger partial charge is 0.491 e. The molecule has 0 heterocycles. The number of ether oxygens (including phenoxy) is 1. The van der Waals surface area contributed by atoms with Crippen molar-refractivity contribution in [3.8, 4) is 5.75 Å². The fourth-order valence-corrected chi connectivity index (χ4v) is 2.79. The Morgan fingerprint density at radius 1 is 1.15 bits per heavy atom. The molecule has 1 aromatic carbocycles. The van der Waals surface area contributed by atoms with Gasteiger partial charge < -0.3 is 15.2 Å². The van der Waals surface area contributed by atoms with E-state index in [0.29, 0.717) is 19.2 Å². The molecular weight excluding hydrogens is 250 g/mol. The SMILES string of the molecule is Cc1ccc(OCC(O)CNC(C2CC2)C2CC2)cc1. The summed E-state index contributed by atoms with van der Waals surface area (Å²) in [7, 11) is 0. The summed E-state index contributed by atoms with van der Waals surface area (Å²) in [5.74, 6) is 2.57. The maximum Gasteiger partial charge on any atom is 0.119 e. The maximum atomic E-state index is 10.0. The predicted molar refractivity (Wildman–Crippen MR) is 79.9 cm³/mol. The summed E-state index contributed by atoms with van der Waals surface area (Å²) in [6, 6.07) is 8.59. The van der Waals surface area contributed by atoms with Gasteiger partial charge in [-0.1, -0.05) is 17.7 Å². The summed E-state index contributed by atoms with van der Waals surface area (Å²) in [4.78, 5) is 0. The van der Waals surface area contributed by atoms with Crippen LogP contribution in [0, 0.1) is 18.8 Å². The first-order chi connectivity index (χ1) is 9.72. The van der Waals surface area contributed by atoms with Gasteiger partial charge in [0, 0.05) is 12.6 Å². The lowest BCUT2D eigenvalue weighted by molar-refractivity contribution is 0.102. The van der Waals surface area contributed by atoms with Crippen LogP contribution in [-0.4, -0.2) is 30.4 Å². The molecule has 0 saturated heterocycles. The van der Waals surface area contributed by atoms with Crippen molar-refractivity contribution in [2.75, 3.05) is 13.2 Å². The fraction of sp³-hybridized carbons (Fsp3) is 0.647. The van der Waals surface area contributed by atoms with E-state index in [4.69, 9.17) is 4.74 Å². The molecule has 3 heteroatoms. The van der Waals surface area contributed by atoms with E-state index >= 15 is 0 Å². The highest BCUT2D eigenvalue weighted by atomic mass is 16.5. The Labute approximate surface area is 121 Å². The van der Waals surface area contributed by atoms with Crippen LogP contribution in [0.1, 0.15) is 31.2 Å². The van der Waals surface area contributed by atoms with Crippen LogP contribution in [0.2, 0.25) is 0 Å². The average molecular weight is 275 g/mol. The van der Waals surface area contributed by atoms with Crippen LogP contribution in [0.3, 0.4) is 0 Å². The highest BCUT2D eigenvalue weighted by Crippen LogP contribution is 2.44. The third kappa shape index (κ3) is 3.97. The first-order valence-electron chi connectivity index (χ1n) is 7.83. The van der Waals surface area contributed by atoms with E-state index in [1.807, 2.05) is 24.3 Å². The summed E-state index contributed by atoms with van der Waals surface area (Å²) in [5.41, 5.74) is 1.22. The minimum atomic E-state index is -0.434. The van der Waals surface area contributed by atoms with Crippen molar-refractivity contribution >= 4 is 0 Å². The summed E-state index contributed by atoms with van der Waals surface area (Å²) in [6.07, 6.45) is 5.03. The Balaban J connectivity index is 1.38. The van der Waals surface area contributed by atoms with Crippen LogP contribution >= 0.6 is 0 Å². The van der Waals surface area contributed by atoms with Gasteiger partial charge in [0.1, 0.15) is 18.5 Å².